The van der Waals surface area contributed by atoms with Gasteiger partial charge < -0.3 is 15.1 Å². The van der Waals surface area contributed by atoms with Crippen molar-refractivity contribution in [3.63, 3.8) is 0 Å². The number of nitrogens with zero attached hydrogens (tertiary/aromatic N) is 2. The van der Waals surface area contributed by atoms with Crippen LogP contribution < -0.4 is 5.32 Å². The van der Waals surface area contributed by atoms with Crippen molar-refractivity contribution < 1.29 is 9.59 Å². The first kappa shape index (κ1) is 14.2. The number of amides is 3. The summed E-state index contributed by atoms with van der Waals surface area (Å²) >= 11 is 0. The van der Waals surface area contributed by atoms with Crippen LogP contribution in [-0.4, -0.2) is 54.0 Å². The molecule has 1 aliphatic heterocycles. The maximum atomic E-state index is 12.1. The van der Waals surface area contributed by atoms with Crippen molar-refractivity contribution in [3.8, 4) is 0 Å². The normalized spacial score (nSPS) is 20.7. The molecule has 0 bridgehead atoms. The highest BCUT2D eigenvalue weighted by atomic mass is 16.2. The third kappa shape index (κ3) is 3.85. The Morgan fingerprint density at radius 3 is 2.21 bits per heavy atom. The van der Waals surface area contributed by atoms with Gasteiger partial charge in [0, 0.05) is 38.6 Å². The van der Waals surface area contributed by atoms with E-state index in [4.69, 9.17) is 0 Å². The molecule has 0 aromatic heterocycles. The molecule has 3 amide bonds. The number of carbonyl (C=O) groups excluding carboxylic acids is 2. The van der Waals surface area contributed by atoms with E-state index in [1.807, 2.05) is 16.7 Å². The summed E-state index contributed by atoms with van der Waals surface area (Å²) in [6.07, 6.45) is 6.19. The zero-order valence-electron chi connectivity index (χ0n) is 11.9. The Morgan fingerprint density at radius 1 is 1.05 bits per heavy atom. The van der Waals surface area contributed by atoms with Crippen LogP contribution in [0.1, 0.15) is 45.4 Å². The second-order valence-corrected chi connectivity index (χ2v) is 5.55. The summed E-state index contributed by atoms with van der Waals surface area (Å²) in [5.41, 5.74) is 0. The molecule has 0 unspecified atom stereocenters. The predicted molar refractivity (Wildman–Crippen MR) is 73.8 cm³/mol. The van der Waals surface area contributed by atoms with Gasteiger partial charge in [0.1, 0.15) is 0 Å². The SMILES string of the molecule is CCCC(=O)N1CCN(C(=O)NC2CCCC2)CC1. The fourth-order valence-electron chi connectivity index (χ4n) is 2.87. The van der Waals surface area contributed by atoms with Gasteiger partial charge in [0.25, 0.3) is 0 Å². The van der Waals surface area contributed by atoms with E-state index < -0.39 is 0 Å². The summed E-state index contributed by atoms with van der Waals surface area (Å²) in [5.74, 6) is 0.221. The largest absolute Gasteiger partial charge is 0.339 e. The third-order valence-corrected chi connectivity index (χ3v) is 4.07. The van der Waals surface area contributed by atoms with Crippen molar-refractivity contribution in [1.82, 2.24) is 15.1 Å². The number of carbonyl (C=O) groups is 2. The van der Waals surface area contributed by atoms with Crippen LogP contribution in [0.25, 0.3) is 0 Å². The smallest absolute Gasteiger partial charge is 0.317 e. The van der Waals surface area contributed by atoms with Gasteiger partial charge in [-0.1, -0.05) is 19.8 Å². The number of urea groups is 1. The molecular weight excluding hydrogens is 242 g/mol. The highest BCUT2D eigenvalue weighted by Gasteiger charge is 2.25. The lowest BCUT2D eigenvalue weighted by molar-refractivity contribution is -0.132. The van der Waals surface area contributed by atoms with E-state index in [9.17, 15) is 9.59 Å². The van der Waals surface area contributed by atoms with Gasteiger partial charge in [0.05, 0.1) is 0 Å². The van der Waals surface area contributed by atoms with Gasteiger partial charge in [0.2, 0.25) is 5.91 Å². The first-order chi connectivity index (χ1) is 9.20. The first-order valence-corrected chi connectivity index (χ1v) is 7.54. The number of rotatable bonds is 3. The molecule has 0 aromatic rings. The fourth-order valence-corrected chi connectivity index (χ4v) is 2.87. The van der Waals surface area contributed by atoms with Crippen molar-refractivity contribution >= 4 is 11.9 Å². The highest BCUT2D eigenvalue weighted by Crippen LogP contribution is 2.18. The summed E-state index contributed by atoms with van der Waals surface area (Å²) in [5, 5.41) is 3.10. The monoisotopic (exact) mass is 267 g/mol. The molecule has 0 aromatic carbocycles. The van der Waals surface area contributed by atoms with Crippen molar-refractivity contribution in [2.75, 3.05) is 26.2 Å². The molecule has 108 valence electrons. The zero-order chi connectivity index (χ0) is 13.7. The maximum absolute atomic E-state index is 12.1. The van der Waals surface area contributed by atoms with Crippen molar-refractivity contribution in [1.29, 1.82) is 0 Å². The van der Waals surface area contributed by atoms with Crippen LogP contribution in [0.2, 0.25) is 0 Å². The molecule has 0 radical (unpaired) electrons. The molecule has 0 atom stereocenters. The number of hydrogen-bond acceptors (Lipinski definition) is 2. The average molecular weight is 267 g/mol. The summed E-state index contributed by atoms with van der Waals surface area (Å²) in [4.78, 5) is 27.5. The van der Waals surface area contributed by atoms with Crippen LogP contribution in [0, 0.1) is 0 Å². The zero-order valence-corrected chi connectivity index (χ0v) is 11.9. The molecule has 19 heavy (non-hydrogen) atoms. The maximum Gasteiger partial charge on any atom is 0.317 e. The Balaban J connectivity index is 1.72. The molecule has 5 heteroatoms. The summed E-state index contributed by atoms with van der Waals surface area (Å²) < 4.78 is 0. The summed E-state index contributed by atoms with van der Waals surface area (Å²) in [6, 6.07) is 0.418. The lowest BCUT2D eigenvalue weighted by atomic mass is 10.2. The van der Waals surface area contributed by atoms with Crippen molar-refractivity contribution in [2.45, 2.75) is 51.5 Å². The highest BCUT2D eigenvalue weighted by molar-refractivity contribution is 5.77. The predicted octanol–water partition coefficient (Wildman–Crippen LogP) is 1.58. The van der Waals surface area contributed by atoms with Gasteiger partial charge >= 0.3 is 6.03 Å². The summed E-state index contributed by atoms with van der Waals surface area (Å²) in [6.45, 7) is 4.69. The number of nitrogens with one attached hydrogen (secondary N) is 1. The van der Waals surface area contributed by atoms with E-state index in [-0.39, 0.29) is 11.9 Å². The standard InChI is InChI=1S/C14H25N3O2/c1-2-5-13(18)16-8-10-17(11-9-16)14(19)15-12-6-3-4-7-12/h12H,2-11H2,1H3,(H,15,19). The summed E-state index contributed by atoms with van der Waals surface area (Å²) in [7, 11) is 0. The van der Waals surface area contributed by atoms with Gasteiger partial charge in [-0.25, -0.2) is 4.79 Å². The number of piperazine rings is 1. The molecule has 5 nitrogen and oxygen atoms in total. The third-order valence-electron chi connectivity index (χ3n) is 4.07. The van der Waals surface area contributed by atoms with E-state index in [1.165, 1.54) is 12.8 Å². The molecular formula is C14H25N3O2. The van der Waals surface area contributed by atoms with Crippen molar-refractivity contribution in [2.24, 2.45) is 0 Å². The topological polar surface area (TPSA) is 52.7 Å². The fraction of sp³-hybridized carbons (Fsp3) is 0.857. The molecule has 1 saturated carbocycles. The van der Waals surface area contributed by atoms with Gasteiger partial charge in [-0.2, -0.15) is 0 Å². The Labute approximate surface area is 115 Å². The van der Waals surface area contributed by atoms with Crippen LogP contribution in [0.4, 0.5) is 4.79 Å². The molecule has 2 fully saturated rings. The van der Waals surface area contributed by atoms with Crippen LogP contribution in [0.15, 0.2) is 0 Å². The lowest BCUT2D eigenvalue weighted by Gasteiger charge is -2.35. The van der Waals surface area contributed by atoms with E-state index in [0.717, 1.165) is 19.3 Å². The van der Waals surface area contributed by atoms with Gasteiger partial charge in [0.15, 0.2) is 0 Å². The Bertz CT molecular complexity index is 319. The average Bonchev–Trinajstić information content (AvgIpc) is 2.92. The van der Waals surface area contributed by atoms with Gasteiger partial charge in [-0.3, -0.25) is 4.79 Å². The van der Waals surface area contributed by atoms with E-state index in [2.05, 4.69) is 5.32 Å². The Hall–Kier alpha value is -1.26. The molecule has 1 aliphatic carbocycles. The minimum Gasteiger partial charge on any atom is -0.339 e. The van der Waals surface area contributed by atoms with Crippen LogP contribution in [-0.2, 0) is 4.79 Å². The van der Waals surface area contributed by atoms with Crippen LogP contribution >= 0.6 is 0 Å². The minimum absolute atomic E-state index is 0.0505. The van der Waals surface area contributed by atoms with Gasteiger partial charge in [-0.05, 0) is 19.3 Å². The van der Waals surface area contributed by atoms with Crippen LogP contribution in [0.5, 0.6) is 0 Å². The van der Waals surface area contributed by atoms with Gasteiger partial charge in [-0.15, -0.1) is 0 Å². The minimum atomic E-state index is 0.0505. The second-order valence-electron chi connectivity index (χ2n) is 5.55. The molecule has 2 rings (SSSR count). The Kier molecular flexibility index (Phi) is 5.05. The van der Waals surface area contributed by atoms with Crippen molar-refractivity contribution in [3.05, 3.63) is 0 Å². The molecule has 1 heterocycles. The molecule has 2 aliphatic rings. The second kappa shape index (κ2) is 6.78. The first-order valence-electron chi connectivity index (χ1n) is 7.54. The number of hydrogen-bond donors (Lipinski definition) is 1. The molecule has 1 N–H and O–H groups in total. The molecule has 0 spiro atoms. The van der Waals surface area contributed by atoms with E-state index in [1.54, 1.807) is 0 Å². The lowest BCUT2D eigenvalue weighted by Crippen LogP contribution is -2.54. The molecule has 1 saturated heterocycles. The van der Waals surface area contributed by atoms with E-state index in [0.29, 0.717) is 38.6 Å². The quantitative estimate of drug-likeness (QED) is 0.844. The Morgan fingerprint density at radius 2 is 1.63 bits per heavy atom. The van der Waals surface area contributed by atoms with E-state index >= 15 is 0 Å². The van der Waals surface area contributed by atoms with Crippen LogP contribution in [0.3, 0.4) is 0 Å².